The lowest BCUT2D eigenvalue weighted by Crippen LogP contribution is -2.16. The van der Waals surface area contributed by atoms with Crippen molar-refractivity contribution in [2.45, 2.75) is 19.8 Å². The van der Waals surface area contributed by atoms with Crippen molar-refractivity contribution in [3.8, 4) is 0 Å². The molecule has 0 N–H and O–H groups in total. The molecule has 3 nitrogen and oxygen atoms in total. The average Bonchev–Trinajstić information content (AvgIpc) is 2.23. The Hall–Kier alpha value is -1.64. The molecular formula is C12H14N2O. The van der Waals surface area contributed by atoms with Crippen LogP contribution in [0.1, 0.15) is 25.5 Å². The van der Waals surface area contributed by atoms with E-state index in [9.17, 15) is 4.79 Å². The van der Waals surface area contributed by atoms with Crippen molar-refractivity contribution in [2.24, 2.45) is 7.05 Å². The first-order valence-corrected chi connectivity index (χ1v) is 5.06. The Morgan fingerprint density at radius 3 is 2.53 bits per heavy atom. The summed E-state index contributed by atoms with van der Waals surface area (Å²) in [6.45, 7) is 4.18. The number of aromatic nitrogens is 2. The third-order valence-corrected chi connectivity index (χ3v) is 2.57. The summed E-state index contributed by atoms with van der Waals surface area (Å²) in [5.74, 6) is 0.379. The van der Waals surface area contributed by atoms with Gasteiger partial charge in [0.25, 0.3) is 5.56 Å². The smallest absolute Gasteiger partial charge is 0.251 e. The van der Waals surface area contributed by atoms with Crippen molar-refractivity contribution >= 4 is 11.0 Å². The highest BCUT2D eigenvalue weighted by molar-refractivity contribution is 5.74. The van der Waals surface area contributed by atoms with Crippen molar-refractivity contribution in [3.05, 3.63) is 40.3 Å². The molecule has 0 atom stereocenters. The average molecular weight is 202 g/mol. The van der Waals surface area contributed by atoms with Gasteiger partial charge < -0.3 is 0 Å². The van der Waals surface area contributed by atoms with Gasteiger partial charge in [-0.15, -0.1) is 0 Å². The maximum Gasteiger partial charge on any atom is 0.251 e. The molecule has 0 aliphatic heterocycles. The Labute approximate surface area is 88.4 Å². The lowest BCUT2D eigenvalue weighted by Gasteiger charge is -2.08. The lowest BCUT2D eigenvalue weighted by atomic mass is 10.1. The minimum Gasteiger partial charge on any atom is -0.296 e. The van der Waals surface area contributed by atoms with Gasteiger partial charge in [0, 0.05) is 24.2 Å². The number of nitrogens with zero attached hydrogens (tertiary/aromatic N) is 2. The topological polar surface area (TPSA) is 34.9 Å². The number of rotatable bonds is 1. The molecule has 0 bridgehead atoms. The van der Waals surface area contributed by atoms with E-state index in [2.05, 4.69) is 18.8 Å². The third kappa shape index (κ3) is 1.65. The maximum absolute atomic E-state index is 11.4. The fraction of sp³-hybridized carbons (Fsp3) is 0.333. The molecule has 2 aromatic heterocycles. The highest BCUT2D eigenvalue weighted by atomic mass is 16.1. The van der Waals surface area contributed by atoms with E-state index in [0.717, 1.165) is 16.7 Å². The Kier molecular flexibility index (Phi) is 2.31. The van der Waals surface area contributed by atoms with Crippen LogP contribution in [0.4, 0.5) is 0 Å². The zero-order valence-corrected chi connectivity index (χ0v) is 9.19. The molecule has 0 aliphatic carbocycles. The van der Waals surface area contributed by atoms with Crippen molar-refractivity contribution < 1.29 is 0 Å². The monoisotopic (exact) mass is 202 g/mol. The molecule has 0 saturated heterocycles. The van der Waals surface area contributed by atoms with Crippen LogP contribution < -0.4 is 5.56 Å². The van der Waals surface area contributed by atoms with Crippen LogP contribution in [0.5, 0.6) is 0 Å². The van der Waals surface area contributed by atoms with Crippen LogP contribution in [0.15, 0.2) is 29.1 Å². The Morgan fingerprint density at radius 2 is 1.87 bits per heavy atom. The second-order valence-electron chi connectivity index (χ2n) is 4.03. The predicted molar refractivity (Wildman–Crippen MR) is 61.1 cm³/mol. The molecule has 2 rings (SSSR count). The first-order chi connectivity index (χ1) is 7.09. The minimum atomic E-state index is -0.0177. The number of pyridine rings is 2. The molecule has 2 heterocycles. The van der Waals surface area contributed by atoms with Crippen LogP contribution in [-0.2, 0) is 7.05 Å². The van der Waals surface area contributed by atoms with Crippen LogP contribution in [0.25, 0.3) is 11.0 Å². The lowest BCUT2D eigenvalue weighted by molar-refractivity contribution is 0.811. The van der Waals surface area contributed by atoms with E-state index in [-0.39, 0.29) is 5.56 Å². The van der Waals surface area contributed by atoms with Gasteiger partial charge in [0.05, 0.1) is 0 Å². The minimum absolute atomic E-state index is 0.0177. The van der Waals surface area contributed by atoms with Gasteiger partial charge in [-0.2, -0.15) is 0 Å². The van der Waals surface area contributed by atoms with Crippen LogP contribution in [-0.4, -0.2) is 9.55 Å². The summed E-state index contributed by atoms with van der Waals surface area (Å²) >= 11 is 0. The van der Waals surface area contributed by atoms with E-state index in [1.54, 1.807) is 17.7 Å². The van der Waals surface area contributed by atoms with Gasteiger partial charge in [-0.05, 0) is 24.1 Å². The molecule has 15 heavy (non-hydrogen) atoms. The van der Waals surface area contributed by atoms with Gasteiger partial charge in [-0.1, -0.05) is 13.8 Å². The van der Waals surface area contributed by atoms with E-state index in [1.807, 2.05) is 18.2 Å². The second-order valence-corrected chi connectivity index (χ2v) is 4.03. The highest BCUT2D eigenvalue weighted by Crippen LogP contribution is 2.15. The molecule has 0 spiro atoms. The molecule has 0 amide bonds. The van der Waals surface area contributed by atoms with Crippen LogP contribution in [0, 0.1) is 0 Å². The summed E-state index contributed by atoms with van der Waals surface area (Å²) in [5, 5.41) is 1.00. The Bertz CT molecular complexity index is 555. The Morgan fingerprint density at radius 1 is 1.20 bits per heavy atom. The predicted octanol–water partition coefficient (Wildman–Crippen LogP) is 2.06. The van der Waals surface area contributed by atoms with E-state index in [1.165, 1.54) is 0 Å². The van der Waals surface area contributed by atoms with Gasteiger partial charge in [0.2, 0.25) is 0 Å². The first kappa shape index (κ1) is 9.90. The molecule has 2 aromatic rings. The fourth-order valence-corrected chi connectivity index (χ4v) is 1.57. The molecule has 0 saturated carbocycles. The van der Waals surface area contributed by atoms with Crippen molar-refractivity contribution in [3.63, 3.8) is 0 Å². The van der Waals surface area contributed by atoms with Crippen LogP contribution >= 0.6 is 0 Å². The number of hydrogen-bond donors (Lipinski definition) is 0. The normalized spacial score (nSPS) is 11.2. The second kappa shape index (κ2) is 3.50. The van der Waals surface area contributed by atoms with Crippen molar-refractivity contribution in [2.75, 3.05) is 0 Å². The maximum atomic E-state index is 11.4. The summed E-state index contributed by atoms with van der Waals surface area (Å²) in [6.07, 6.45) is 0. The van der Waals surface area contributed by atoms with Crippen molar-refractivity contribution in [1.82, 2.24) is 9.55 Å². The summed E-state index contributed by atoms with van der Waals surface area (Å²) < 4.78 is 1.58. The van der Waals surface area contributed by atoms with E-state index < -0.39 is 0 Å². The summed E-state index contributed by atoms with van der Waals surface area (Å²) in [4.78, 5) is 15.9. The molecule has 0 aromatic carbocycles. The largest absolute Gasteiger partial charge is 0.296 e. The van der Waals surface area contributed by atoms with Gasteiger partial charge in [-0.25, -0.2) is 4.98 Å². The SMILES string of the molecule is CC(C)c1ccc2ccc(=O)n(C)c2n1. The zero-order valence-electron chi connectivity index (χ0n) is 9.19. The molecule has 3 heteroatoms. The molecule has 78 valence electrons. The summed E-state index contributed by atoms with van der Waals surface area (Å²) in [7, 11) is 1.75. The zero-order chi connectivity index (χ0) is 11.0. The van der Waals surface area contributed by atoms with Gasteiger partial charge in [-0.3, -0.25) is 9.36 Å². The first-order valence-electron chi connectivity index (χ1n) is 5.06. The fourth-order valence-electron chi connectivity index (χ4n) is 1.57. The third-order valence-electron chi connectivity index (χ3n) is 2.57. The quantitative estimate of drug-likeness (QED) is 0.709. The number of fused-ring (bicyclic) bond motifs is 1. The van der Waals surface area contributed by atoms with Gasteiger partial charge in [0.15, 0.2) is 0 Å². The Balaban J connectivity index is 2.79. The highest BCUT2D eigenvalue weighted by Gasteiger charge is 2.04. The number of aryl methyl sites for hydroxylation is 1. The standard InChI is InChI=1S/C12H14N2O/c1-8(2)10-6-4-9-5-7-11(15)14(3)12(9)13-10/h4-8H,1-3H3. The molecule has 0 fully saturated rings. The van der Waals surface area contributed by atoms with Gasteiger partial charge in [0.1, 0.15) is 5.65 Å². The molecule has 0 radical (unpaired) electrons. The van der Waals surface area contributed by atoms with Crippen LogP contribution in [0.2, 0.25) is 0 Å². The van der Waals surface area contributed by atoms with Gasteiger partial charge >= 0.3 is 0 Å². The van der Waals surface area contributed by atoms with Crippen molar-refractivity contribution in [1.29, 1.82) is 0 Å². The molecule has 0 unspecified atom stereocenters. The molecule has 0 aliphatic rings. The number of hydrogen-bond acceptors (Lipinski definition) is 2. The summed E-state index contributed by atoms with van der Waals surface area (Å²) in [6, 6.07) is 7.41. The van der Waals surface area contributed by atoms with E-state index >= 15 is 0 Å². The van der Waals surface area contributed by atoms with E-state index in [0.29, 0.717) is 5.92 Å². The van der Waals surface area contributed by atoms with Crippen LogP contribution in [0.3, 0.4) is 0 Å². The summed E-state index contributed by atoms with van der Waals surface area (Å²) in [5.41, 5.74) is 1.76. The van der Waals surface area contributed by atoms with E-state index in [4.69, 9.17) is 0 Å². The molecular weight excluding hydrogens is 188 g/mol.